The molecule has 0 aromatic carbocycles. The molecule has 0 atom stereocenters. The largest absolute Gasteiger partial charge is 1.00 e. The summed E-state index contributed by atoms with van der Waals surface area (Å²) >= 11 is 1.44. The summed E-state index contributed by atoms with van der Waals surface area (Å²) in [6, 6.07) is 0. The van der Waals surface area contributed by atoms with Crippen molar-refractivity contribution < 1.29 is 37.4 Å². The van der Waals surface area contributed by atoms with Crippen LogP contribution in [-0.2, 0) is 17.1 Å². The van der Waals surface area contributed by atoms with Crippen molar-refractivity contribution in [3.63, 3.8) is 0 Å². The molecule has 0 aromatic heterocycles. The van der Waals surface area contributed by atoms with Gasteiger partial charge in [0.2, 0.25) is 0 Å². The van der Waals surface area contributed by atoms with Gasteiger partial charge in [0.15, 0.2) is 0 Å². The zero-order valence-electron chi connectivity index (χ0n) is 3.47. The number of hydrogen-bond acceptors (Lipinski definition) is 1. The van der Waals surface area contributed by atoms with Gasteiger partial charge < -0.3 is 1.43 Å². The van der Waals surface area contributed by atoms with Crippen molar-refractivity contribution in [1.29, 1.82) is 0 Å². The molecule has 0 N–H and O–H groups in total. The summed E-state index contributed by atoms with van der Waals surface area (Å²) in [6.07, 6.45) is 0. The van der Waals surface area contributed by atoms with Crippen LogP contribution in [0, 0.1) is 0 Å². The van der Waals surface area contributed by atoms with Crippen molar-refractivity contribution in [2.45, 2.75) is 0 Å². The van der Waals surface area contributed by atoms with Gasteiger partial charge in [0.1, 0.15) is 0 Å². The smallest absolute Gasteiger partial charge is 1.00 e. The Bertz CT molecular complexity index is 11.6. The maximum Gasteiger partial charge on any atom is 1.00 e. The van der Waals surface area contributed by atoms with Crippen molar-refractivity contribution in [3.8, 4) is 0 Å². The molecule has 0 spiro atoms. The second-order valence-corrected chi connectivity index (χ2v) is 0. The Kier molecular flexibility index (Phi) is 88.2. The average Bonchev–Trinajstić information content (AvgIpc) is 1.00. The maximum atomic E-state index is 4.11. The minimum atomic E-state index is 0. The van der Waals surface area contributed by atoms with Crippen LogP contribution in [0.2, 0.25) is 0 Å². The Morgan fingerprint density at radius 3 is 1.50 bits per heavy atom. The maximum absolute atomic E-state index is 4.11. The van der Waals surface area contributed by atoms with E-state index in [-0.39, 0.29) is 37.4 Å². The van der Waals surface area contributed by atoms with Gasteiger partial charge in [0.25, 0.3) is 0 Å². The zero-order valence-corrected chi connectivity index (χ0v) is 5.80. The fraction of sp³-hybridized carbons (Fsp3) is 0. The Labute approximate surface area is 62.1 Å². The predicted octanol–water partition coefficient (Wildman–Crippen LogP) is -2.89. The summed E-state index contributed by atoms with van der Waals surface area (Å²) in [4.78, 5) is 0. The fourth-order valence-electron chi connectivity index (χ4n) is 0. The van der Waals surface area contributed by atoms with Crippen molar-refractivity contribution >= 4 is 25.1 Å². The van der Waals surface area contributed by atoms with Gasteiger partial charge in [-0.25, -0.2) is 0 Å². The second kappa shape index (κ2) is 20.9. The van der Waals surface area contributed by atoms with E-state index in [0.29, 0.717) is 0 Å². The first kappa shape index (κ1) is 16.9. The van der Waals surface area contributed by atoms with Crippen molar-refractivity contribution in [1.82, 2.24) is 0 Å². The zero-order chi connectivity index (χ0) is 2.00. The monoisotopic (exact) mass is 124 g/mol. The van der Waals surface area contributed by atoms with E-state index in [2.05, 4.69) is 10.5 Å². The Morgan fingerprint density at radius 1 is 1.50 bits per heavy atom. The molecule has 0 aliphatic heterocycles. The van der Waals surface area contributed by atoms with Crippen molar-refractivity contribution in [2.24, 2.45) is 0 Å². The fourth-order valence-corrected chi connectivity index (χ4v) is 0. The van der Waals surface area contributed by atoms with Gasteiger partial charge in [-0.3, -0.25) is 0 Å². The molecule has 0 rings (SSSR count). The molecule has 0 heterocycles. The van der Waals surface area contributed by atoms with Gasteiger partial charge in [0, 0.05) is 17.1 Å². The topological polar surface area (TPSA) is 0 Å². The van der Waals surface area contributed by atoms with Crippen LogP contribution in [0.5, 0.6) is 0 Å². The van der Waals surface area contributed by atoms with Gasteiger partial charge in [-0.2, -0.15) is 0 Å². The van der Waals surface area contributed by atoms with Crippen LogP contribution in [0.3, 0.4) is 0 Å². The van der Waals surface area contributed by atoms with Crippen LogP contribution in [0.1, 0.15) is 1.43 Å². The first-order valence-electron chi connectivity index (χ1n) is 0.289. The van der Waals surface area contributed by atoms with E-state index in [4.69, 9.17) is 0 Å². The Hall–Kier alpha value is 1.87. The first-order valence-corrected chi connectivity index (χ1v) is 2.60. The standard InChI is InChI=1S/Al.Fe.Li.S.2H/q;;+1;;;-1. The minimum absolute atomic E-state index is 0. The molecular formula is H2AlFeLiS. The molecule has 4 heteroatoms. The molecule has 0 amide bonds. The van der Waals surface area contributed by atoms with E-state index >= 15 is 0 Å². The third-order valence-corrected chi connectivity index (χ3v) is 0. The predicted molar refractivity (Wildman–Crippen MR) is 15.9 cm³/mol. The molecule has 20 valence electrons. The normalized spacial score (nSPS) is 0.750. The number of hydrogen-bond donors (Lipinski definition) is 0. The van der Waals surface area contributed by atoms with Gasteiger partial charge in [-0.15, -0.1) is 0 Å². The summed E-state index contributed by atoms with van der Waals surface area (Å²) in [5, 5.41) is 0. The summed E-state index contributed by atoms with van der Waals surface area (Å²) < 4.78 is 0. The molecule has 0 saturated heterocycles. The van der Waals surface area contributed by atoms with Gasteiger partial charge in [-0.05, 0) is 0 Å². The molecule has 0 radical (unpaired) electrons. The summed E-state index contributed by atoms with van der Waals surface area (Å²) in [6.45, 7) is 0. The average molecular weight is 124 g/mol. The van der Waals surface area contributed by atoms with Crippen LogP contribution in [0.4, 0.5) is 0 Å². The summed E-state index contributed by atoms with van der Waals surface area (Å²) in [5.74, 6) is 0. The van der Waals surface area contributed by atoms with Crippen molar-refractivity contribution in [2.75, 3.05) is 0 Å². The Balaban J connectivity index is -0.00000000167. The van der Waals surface area contributed by atoms with E-state index in [1.807, 2.05) is 0 Å². The van der Waals surface area contributed by atoms with Crippen molar-refractivity contribution in [3.05, 3.63) is 0 Å². The quantitative estimate of drug-likeness (QED) is 0.312. The molecule has 0 aromatic rings. The molecule has 0 fully saturated rings. The third kappa shape index (κ3) is 9.12. The van der Waals surface area contributed by atoms with Crippen LogP contribution in [-0.4, -0.2) is 14.6 Å². The van der Waals surface area contributed by atoms with Crippen LogP contribution < -0.4 is 18.9 Å². The van der Waals surface area contributed by atoms with Gasteiger partial charge in [-0.1, -0.05) is 0 Å². The van der Waals surface area contributed by atoms with E-state index < -0.39 is 0 Å². The molecule has 0 bridgehead atoms. The first-order chi connectivity index (χ1) is 1.00. The van der Waals surface area contributed by atoms with Crippen LogP contribution in [0.15, 0.2) is 0 Å². The molecule has 4 heavy (non-hydrogen) atoms. The minimum Gasteiger partial charge on any atom is -1.00 e. The Morgan fingerprint density at radius 2 is 1.50 bits per heavy atom. The van der Waals surface area contributed by atoms with E-state index in [1.165, 1.54) is 14.6 Å². The SMILES string of the molecule is [AlH]=[S].[Fe].[H-].[Li+]. The van der Waals surface area contributed by atoms with Crippen LogP contribution in [0.25, 0.3) is 0 Å². The summed E-state index contributed by atoms with van der Waals surface area (Å²) in [5.41, 5.74) is 0. The molecular weight excluding hydrogens is 122 g/mol. The summed E-state index contributed by atoms with van der Waals surface area (Å²) in [7, 11) is 4.11. The van der Waals surface area contributed by atoms with Gasteiger partial charge >= 0.3 is 44.0 Å². The second-order valence-electron chi connectivity index (χ2n) is 0. The molecule has 0 nitrogen and oxygen atoms in total. The molecule has 0 saturated carbocycles. The molecule has 0 aliphatic rings. The van der Waals surface area contributed by atoms with E-state index in [9.17, 15) is 0 Å². The van der Waals surface area contributed by atoms with Crippen LogP contribution >= 0.6 is 10.5 Å². The van der Waals surface area contributed by atoms with E-state index in [0.717, 1.165) is 0 Å². The third-order valence-electron chi connectivity index (χ3n) is 0. The van der Waals surface area contributed by atoms with E-state index in [1.54, 1.807) is 0 Å². The molecule has 0 unspecified atom stereocenters. The van der Waals surface area contributed by atoms with Gasteiger partial charge in [0.05, 0.1) is 0 Å². The number of rotatable bonds is 0. The molecule has 0 aliphatic carbocycles.